The van der Waals surface area contributed by atoms with Crippen LogP contribution in [0.2, 0.25) is 0 Å². The molecule has 94 valence electrons. The molecule has 2 heteroatoms. The van der Waals surface area contributed by atoms with Gasteiger partial charge in [0.15, 0.2) is 0 Å². The lowest BCUT2D eigenvalue weighted by molar-refractivity contribution is 0.550. The zero-order valence-corrected chi connectivity index (χ0v) is 11.7. The highest BCUT2D eigenvalue weighted by Gasteiger charge is 2.04. The van der Waals surface area contributed by atoms with Gasteiger partial charge in [0.2, 0.25) is 0 Å². The van der Waals surface area contributed by atoms with Crippen LogP contribution in [0.25, 0.3) is 0 Å². The molecule has 0 fully saturated rings. The zero-order valence-electron chi connectivity index (χ0n) is 10.9. The smallest absolute Gasteiger partial charge is 0.0478 e. The van der Waals surface area contributed by atoms with Crippen LogP contribution in [0.1, 0.15) is 26.7 Å². The maximum atomic E-state index is 3.76. The molecule has 1 N–H and O–H groups in total. The SMILES string of the molecule is C=CCSc1ccccc1NCC(C)CCC. The van der Waals surface area contributed by atoms with Gasteiger partial charge in [-0.05, 0) is 24.5 Å². The quantitative estimate of drug-likeness (QED) is 0.524. The number of nitrogens with one attached hydrogen (secondary N) is 1. The van der Waals surface area contributed by atoms with Crippen molar-refractivity contribution in [1.82, 2.24) is 0 Å². The van der Waals surface area contributed by atoms with Gasteiger partial charge in [0, 0.05) is 22.9 Å². The van der Waals surface area contributed by atoms with Crippen LogP contribution >= 0.6 is 11.8 Å². The van der Waals surface area contributed by atoms with Gasteiger partial charge in [0.1, 0.15) is 0 Å². The molecule has 0 aromatic heterocycles. The Morgan fingerprint density at radius 3 is 2.88 bits per heavy atom. The van der Waals surface area contributed by atoms with Gasteiger partial charge >= 0.3 is 0 Å². The van der Waals surface area contributed by atoms with Crippen molar-refractivity contribution < 1.29 is 0 Å². The van der Waals surface area contributed by atoms with Crippen LogP contribution < -0.4 is 5.32 Å². The first-order chi connectivity index (χ1) is 8.27. The lowest BCUT2D eigenvalue weighted by Gasteiger charge is -2.15. The van der Waals surface area contributed by atoms with Crippen molar-refractivity contribution in [2.45, 2.75) is 31.6 Å². The molecule has 1 unspecified atom stereocenters. The van der Waals surface area contributed by atoms with E-state index in [4.69, 9.17) is 0 Å². The predicted octanol–water partition coefficient (Wildman–Crippen LogP) is 4.81. The number of hydrogen-bond donors (Lipinski definition) is 1. The van der Waals surface area contributed by atoms with Gasteiger partial charge in [-0.1, -0.05) is 38.5 Å². The summed E-state index contributed by atoms with van der Waals surface area (Å²) in [6.07, 6.45) is 4.49. The first-order valence-corrected chi connectivity index (χ1v) is 7.33. The lowest BCUT2D eigenvalue weighted by atomic mass is 10.1. The highest BCUT2D eigenvalue weighted by Crippen LogP contribution is 2.27. The molecular formula is C15H23NS. The second kappa shape index (κ2) is 8.24. The number of thioether (sulfide) groups is 1. The van der Waals surface area contributed by atoms with Crippen molar-refractivity contribution in [1.29, 1.82) is 0 Å². The number of rotatable bonds is 8. The van der Waals surface area contributed by atoms with Crippen LogP contribution in [0.5, 0.6) is 0 Å². The van der Waals surface area contributed by atoms with Crippen LogP contribution in [0.3, 0.4) is 0 Å². The van der Waals surface area contributed by atoms with E-state index in [0.717, 1.165) is 18.2 Å². The van der Waals surface area contributed by atoms with E-state index in [1.54, 1.807) is 0 Å². The third-order valence-electron chi connectivity index (χ3n) is 2.67. The maximum absolute atomic E-state index is 3.76. The first kappa shape index (κ1) is 14.2. The molecule has 1 aromatic carbocycles. The molecule has 0 aliphatic carbocycles. The molecule has 0 saturated heterocycles. The number of benzene rings is 1. The van der Waals surface area contributed by atoms with Crippen LogP contribution in [-0.2, 0) is 0 Å². The standard InChI is InChI=1S/C15H23NS/c1-4-8-13(3)12-16-14-9-6-7-10-15(14)17-11-5-2/h5-7,9-10,13,16H,2,4,8,11-12H2,1,3H3. The first-order valence-electron chi connectivity index (χ1n) is 6.34. The largest absolute Gasteiger partial charge is 0.384 e. The van der Waals surface area contributed by atoms with E-state index in [1.165, 1.54) is 23.4 Å². The van der Waals surface area contributed by atoms with Crippen molar-refractivity contribution in [2.75, 3.05) is 17.6 Å². The van der Waals surface area contributed by atoms with Crippen LogP contribution in [-0.4, -0.2) is 12.3 Å². The molecule has 1 nitrogen and oxygen atoms in total. The van der Waals surface area contributed by atoms with Crippen molar-refractivity contribution >= 4 is 17.4 Å². The summed E-state index contributed by atoms with van der Waals surface area (Å²) in [5, 5.41) is 3.55. The lowest BCUT2D eigenvalue weighted by Crippen LogP contribution is -2.11. The molecule has 1 rings (SSSR count). The van der Waals surface area contributed by atoms with Crippen molar-refractivity contribution in [3.8, 4) is 0 Å². The molecule has 0 heterocycles. The third kappa shape index (κ3) is 5.31. The van der Waals surface area contributed by atoms with Crippen molar-refractivity contribution in [3.63, 3.8) is 0 Å². The monoisotopic (exact) mass is 249 g/mol. The van der Waals surface area contributed by atoms with Crippen LogP contribution in [0, 0.1) is 5.92 Å². The normalized spacial score (nSPS) is 12.1. The van der Waals surface area contributed by atoms with Gasteiger partial charge < -0.3 is 5.32 Å². The molecule has 1 atom stereocenters. The Kier molecular flexibility index (Phi) is 6.87. The minimum Gasteiger partial charge on any atom is -0.384 e. The fourth-order valence-corrected chi connectivity index (χ4v) is 2.53. The fourth-order valence-electron chi connectivity index (χ4n) is 1.77. The van der Waals surface area contributed by atoms with E-state index in [-0.39, 0.29) is 0 Å². The van der Waals surface area contributed by atoms with Gasteiger partial charge in [-0.15, -0.1) is 18.3 Å². The summed E-state index contributed by atoms with van der Waals surface area (Å²) in [5.41, 5.74) is 1.25. The summed E-state index contributed by atoms with van der Waals surface area (Å²) in [7, 11) is 0. The summed E-state index contributed by atoms with van der Waals surface area (Å²) in [6.45, 7) is 9.36. The maximum Gasteiger partial charge on any atom is 0.0478 e. The Labute approximate surface area is 110 Å². The Hall–Kier alpha value is -0.890. The number of hydrogen-bond acceptors (Lipinski definition) is 2. The molecule has 0 aliphatic rings. The molecule has 0 spiro atoms. The van der Waals surface area contributed by atoms with E-state index >= 15 is 0 Å². The molecule has 0 amide bonds. The molecule has 1 aromatic rings. The Bertz CT molecular complexity index is 335. The molecule has 17 heavy (non-hydrogen) atoms. The second-order valence-corrected chi connectivity index (χ2v) is 5.43. The Balaban J connectivity index is 2.53. The van der Waals surface area contributed by atoms with Gasteiger partial charge in [0.25, 0.3) is 0 Å². The predicted molar refractivity (Wildman–Crippen MR) is 79.9 cm³/mol. The molecule has 0 radical (unpaired) electrons. The third-order valence-corrected chi connectivity index (χ3v) is 3.74. The summed E-state index contributed by atoms with van der Waals surface area (Å²) in [5.74, 6) is 1.70. The number of anilines is 1. The molecule has 0 saturated carbocycles. The molecular weight excluding hydrogens is 226 g/mol. The number of para-hydroxylation sites is 1. The van der Waals surface area contributed by atoms with Gasteiger partial charge in [0.05, 0.1) is 0 Å². The van der Waals surface area contributed by atoms with Crippen LogP contribution in [0.15, 0.2) is 41.8 Å². The summed E-state index contributed by atoms with van der Waals surface area (Å²) in [6, 6.07) is 8.50. The van der Waals surface area contributed by atoms with Gasteiger partial charge in [-0.3, -0.25) is 0 Å². The Morgan fingerprint density at radius 1 is 1.41 bits per heavy atom. The summed E-state index contributed by atoms with van der Waals surface area (Å²) < 4.78 is 0. The summed E-state index contributed by atoms with van der Waals surface area (Å²) in [4.78, 5) is 1.32. The van der Waals surface area contributed by atoms with Crippen LogP contribution in [0.4, 0.5) is 5.69 Å². The second-order valence-electron chi connectivity index (χ2n) is 4.37. The summed E-state index contributed by atoms with van der Waals surface area (Å²) >= 11 is 1.83. The molecule has 0 bridgehead atoms. The van der Waals surface area contributed by atoms with E-state index < -0.39 is 0 Å². The minimum absolute atomic E-state index is 0.734. The van der Waals surface area contributed by atoms with E-state index in [1.807, 2.05) is 17.8 Å². The average Bonchev–Trinajstić information content (AvgIpc) is 2.35. The van der Waals surface area contributed by atoms with Gasteiger partial charge in [-0.25, -0.2) is 0 Å². The fraction of sp³-hybridized carbons (Fsp3) is 0.467. The Morgan fingerprint density at radius 2 is 2.18 bits per heavy atom. The van der Waals surface area contributed by atoms with E-state index in [0.29, 0.717) is 0 Å². The zero-order chi connectivity index (χ0) is 12.5. The van der Waals surface area contributed by atoms with E-state index in [9.17, 15) is 0 Å². The highest BCUT2D eigenvalue weighted by atomic mass is 32.2. The average molecular weight is 249 g/mol. The molecule has 0 aliphatic heterocycles. The van der Waals surface area contributed by atoms with Gasteiger partial charge in [-0.2, -0.15) is 0 Å². The van der Waals surface area contributed by atoms with Crippen molar-refractivity contribution in [2.24, 2.45) is 5.92 Å². The van der Waals surface area contributed by atoms with E-state index in [2.05, 4.69) is 50.0 Å². The highest BCUT2D eigenvalue weighted by molar-refractivity contribution is 7.99. The topological polar surface area (TPSA) is 12.0 Å². The minimum atomic E-state index is 0.734. The van der Waals surface area contributed by atoms with Crippen molar-refractivity contribution in [3.05, 3.63) is 36.9 Å².